The number of benzene rings is 1. The van der Waals surface area contributed by atoms with E-state index in [2.05, 4.69) is 15.6 Å². The third kappa shape index (κ3) is 3.93. The van der Waals surface area contributed by atoms with E-state index in [1.807, 2.05) is 6.07 Å². The molecule has 0 radical (unpaired) electrons. The van der Waals surface area contributed by atoms with Crippen molar-refractivity contribution in [2.24, 2.45) is 0 Å². The molecule has 2 heterocycles. The van der Waals surface area contributed by atoms with Gasteiger partial charge in [0.1, 0.15) is 5.82 Å². The number of aromatic nitrogens is 1. The van der Waals surface area contributed by atoms with Gasteiger partial charge in [0.05, 0.1) is 18.3 Å². The van der Waals surface area contributed by atoms with Crippen LogP contribution in [-0.2, 0) is 11.2 Å². The third-order valence-electron chi connectivity index (χ3n) is 3.80. The molecule has 128 valence electrons. The predicted octanol–water partition coefficient (Wildman–Crippen LogP) is 3.12. The van der Waals surface area contributed by atoms with E-state index in [-0.39, 0.29) is 5.82 Å². The number of alkyl halides is 2. The van der Waals surface area contributed by atoms with Crippen LogP contribution in [0.15, 0.2) is 24.3 Å². The van der Waals surface area contributed by atoms with Gasteiger partial charge in [-0.1, -0.05) is 12.1 Å². The maximum absolute atomic E-state index is 13.2. The van der Waals surface area contributed by atoms with Crippen molar-refractivity contribution in [1.29, 1.82) is 0 Å². The fourth-order valence-electron chi connectivity index (χ4n) is 2.57. The highest BCUT2D eigenvalue weighted by molar-refractivity contribution is 7.15. The topological polar surface area (TPSA) is 54.0 Å². The van der Waals surface area contributed by atoms with Crippen LogP contribution in [0.3, 0.4) is 0 Å². The van der Waals surface area contributed by atoms with E-state index in [9.17, 15) is 18.0 Å². The first-order valence-corrected chi connectivity index (χ1v) is 8.27. The summed E-state index contributed by atoms with van der Waals surface area (Å²) in [5.41, 5.74) is 1.53. The maximum atomic E-state index is 13.2. The summed E-state index contributed by atoms with van der Waals surface area (Å²) in [6, 6.07) is 5.35. The normalized spacial score (nSPS) is 19.4. The Morgan fingerprint density at radius 1 is 1.50 bits per heavy atom. The lowest BCUT2D eigenvalue weighted by Gasteiger charge is -2.08. The SMILES string of the molecule is Cc1nc(NC(=O)C2CC(F)(F)CN2)sc1Cc1cccc(F)c1. The number of amides is 1. The minimum absolute atomic E-state index is 0.309. The van der Waals surface area contributed by atoms with Crippen LogP contribution in [0.25, 0.3) is 0 Å². The molecule has 24 heavy (non-hydrogen) atoms. The molecule has 1 aliphatic rings. The highest BCUT2D eigenvalue weighted by atomic mass is 32.1. The number of carbonyl (C=O) groups is 1. The lowest BCUT2D eigenvalue weighted by atomic mass is 10.1. The van der Waals surface area contributed by atoms with Gasteiger partial charge in [0.2, 0.25) is 5.91 Å². The first-order valence-electron chi connectivity index (χ1n) is 7.45. The van der Waals surface area contributed by atoms with Crippen molar-refractivity contribution >= 4 is 22.4 Å². The number of aryl methyl sites for hydroxylation is 1. The van der Waals surface area contributed by atoms with Gasteiger partial charge in [-0.15, -0.1) is 11.3 Å². The molecule has 1 aromatic heterocycles. The molecule has 0 bridgehead atoms. The molecule has 0 spiro atoms. The van der Waals surface area contributed by atoms with Gasteiger partial charge in [-0.05, 0) is 24.6 Å². The molecule has 8 heteroatoms. The third-order valence-corrected chi connectivity index (χ3v) is 4.88. The van der Waals surface area contributed by atoms with Crippen molar-refractivity contribution in [3.8, 4) is 0 Å². The Kier molecular flexibility index (Phi) is 4.60. The van der Waals surface area contributed by atoms with E-state index in [1.165, 1.54) is 23.5 Å². The number of nitrogens with zero attached hydrogens (tertiary/aromatic N) is 1. The van der Waals surface area contributed by atoms with E-state index < -0.39 is 30.8 Å². The zero-order valence-electron chi connectivity index (χ0n) is 12.9. The van der Waals surface area contributed by atoms with Crippen LogP contribution < -0.4 is 10.6 Å². The minimum atomic E-state index is -2.86. The maximum Gasteiger partial charge on any atom is 0.262 e. The van der Waals surface area contributed by atoms with E-state index in [1.54, 1.807) is 13.0 Å². The summed E-state index contributed by atoms with van der Waals surface area (Å²) in [6.07, 6.45) is -0.0176. The summed E-state index contributed by atoms with van der Waals surface area (Å²) in [5, 5.41) is 5.45. The van der Waals surface area contributed by atoms with Gasteiger partial charge >= 0.3 is 0 Å². The Morgan fingerprint density at radius 3 is 2.96 bits per heavy atom. The molecular formula is C16H16F3N3OS. The Balaban J connectivity index is 1.67. The second kappa shape index (κ2) is 6.52. The Hall–Kier alpha value is -1.93. The molecule has 1 aliphatic heterocycles. The fourth-order valence-corrected chi connectivity index (χ4v) is 3.57. The summed E-state index contributed by atoms with van der Waals surface area (Å²) >= 11 is 1.27. The largest absolute Gasteiger partial charge is 0.301 e. The lowest BCUT2D eigenvalue weighted by molar-refractivity contribution is -0.118. The Bertz CT molecular complexity index is 763. The average Bonchev–Trinajstić information content (AvgIpc) is 3.02. The van der Waals surface area contributed by atoms with E-state index in [0.717, 1.165) is 16.1 Å². The number of thiazole rings is 1. The smallest absolute Gasteiger partial charge is 0.262 e. The summed E-state index contributed by atoms with van der Waals surface area (Å²) in [6.45, 7) is 1.30. The van der Waals surface area contributed by atoms with Crippen LogP contribution in [0.5, 0.6) is 0 Å². The van der Waals surface area contributed by atoms with Crippen LogP contribution in [0.1, 0.15) is 22.6 Å². The molecule has 1 fully saturated rings. The van der Waals surface area contributed by atoms with Gasteiger partial charge in [0.25, 0.3) is 5.92 Å². The van der Waals surface area contributed by atoms with Crippen molar-refractivity contribution in [2.45, 2.75) is 31.7 Å². The van der Waals surface area contributed by atoms with Crippen molar-refractivity contribution in [2.75, 3.05) is 11.9 Å². The number of hydrogen-bond acceptors (Lipinski definition) is 4. The molecule has 1 amide bonds. The number of nitrogens with one attached hydrogen (secondary N) is 2. The number of carbonyl (C=O) groups excluding carboxylic acids is 1. The number of rotatable bonds is 4. The zero-order chi connectivity index (χ0) is 17.3. The summed E-state index contributed by atoms with van der Waals surface area (Å²) in [4.78, 5) is 17.2. The van der Waals surface area contributed by atoms with Crippen molar-refractivity contribution in [1.82, 2.24) is 10.3 Å². The monoisotopic (exact) mass is 355 g/mol. The van der Waals surface area contributed by atoms with Crippen LogP contribution in [-0.4, -0.2) is 29.4 Å². The van der Waals surface area contributed by atoms with Gasteiger partial charge < -0.3 is 5.32 Å². The number of halogens is 3. The molecule has 0 saturated carbocycles. The highest BCUT2D eigenvalue weighted by Crippen LogP contribution is 2.28. The first kappa shape index (κ1) is 16.9. The zero-order valence-corrected chi connectivity index (χ0v) is 13.7. The fraction of sp³-hybridized carbons (Fsp3) is 0.375. The van der Waals surface area contributed by atoms with E-state index in [4.69, 9.17) is 0 Å². The quantitative estimate of drug-likeness (QED) is 0.886. The molecular weight excluding hydrogens is 339 g/mol. The second-order valence-corrected chi connectivity index (χ2v) is 6.90. The van der Waals surface area contributed by atoms with Crippen molar-refractivity contribution in [3.05, 3.63) is 46.2 Å². The molecule has 0 aliphatic carbocycles. The molecule has 1 saturated heterocycles. The standard InChI is InChI=1S/C16H16F3N3OS/c1-9-13(6-10-3-2-4-11(17)5-10)24-15(21-9)22-14(23)12-7-16(18,19)8-20-12/h2-5,12,20H,6-8H2,1H3,(H,21,22,23). The predicted molar refractivity (Wildman–Crippen MR) is 86.0 cm³/mol. The first-order chi connectivity index (χ1) is 11.3. The Morgan fingerprint density at radius 2 is 2.29 bits per heavy atom. The molecule has 1 unspecified atom stereocenters. The molecule has 3 rings (SSSR count). The van der Waals surface area contributed by atoms with Crippen molar-refractivity contribution < 1.29 is 18.0 Å². The van der Waals surface area contributed by atoms with E-state index >= 15 is 0 Å². The van der Waals surface area contributed by atoms with Crippen LogP contribution in [0.4, 0.5) is 18.3 Å². The van der Waals surface area contributed by atoms with Gasteiger partial charge in [0.15, 0.2) is 5.13 Å². The van der Waals surface area contributed by atoms with Crippen molar-refractivity contribution in [3.63, 3.8) is 0 Å². The molecule has 1 aromatic carbocycles. The van der Waals surface area contributed by atoms with E-state index in [0.29, 0.717) is 11.6 Å². The molecule has 2 N–H and O–H groups in total. The average molecular weight is 355 g/mol. The highest BCUT2D eigenvalue weighted by Gasteiger charge is 2.42. The van der Waals surface area contributed by atoms with Gasteiger partial charge in [0, 0.05) is 17.7 Å². The Labute approximate surface area is 141 Å². The van der Waals surface area contributed by atoms with Crippen LogP contribution >= 0.6 is 11.3 Å². The van der Waals surface area contributed by atoms with Gasteiger partial charge in [-0.3, -0.25) is 10.1 Å². The second-order valence-electron chi connectivity index (χ2n) is 5.82. The summed E-state index contributed by atoms with van der Waals surface area (Å²) in [5.74, 6) is -3.68. The van der Waals surface area contributed by atoms with Crippen LogP contribution in [0, 0.1) is 12.7 Å². The lowest BCUT2D eigenvalue weighted by Crippen LogP contribution is -2.35. The number of anilines is 1. The summed E-state index contributed by atoms with van der Waals surface area (Å²) in [7, 11) is 0. The summed E-state index contributed by atoms with van der Waals surface area (Å²) < 4.78 is 39.5. The van der Waals surface area contributed by atoms with Gasteiger partial charge in [-0.25, -0.2) is 18.2 Å². The molecule has 2 aromatic rings. The van der Waals surface area contributed by atoms with Crippen LogP contribution in [0.2, 0.25) is 0 Å². The number of hydrogen-bond donors (Lipinski definition) is 2. The van der Waals surface area contributed by atoms with Gasteiger partial charge in [-0.2, -0.15) is 0 Å². The molecule has 1 atom stereocenters. The molecule has 4 nitrogen and oxygen atoms in total. The minimum Gasteiger partial charge on any atom is -0.301 e.